The summed E-state index contributed by atoms with van der Waals surface area (Å²) in [5, 5.41) is 11.7. The number of benzene rings is 2. The molecule has 0 unspecified atom stereocenters. The SMILES string of the molecule is C=CCNC(=NCc1nnc(C)n1C)N1CCc2cc(-c3ccccc3)ccc21.I. The smallest absolute Gasteiger partial charge is 0.199 e. The maximum atomic E-state index is 4.83. The standard InChI is InChI=1S/C23H26N6.HI/c1-4-13-24-23(25-16-22-27-26-17(2)28(22)3)29-14-12-20-15-19(10-11-21(20)29)18-8-6-5-7-9-18;/h4-11,15H,1,12-14,16H2,2-3H3,(H,24,25);1H. The van der Waals surface area contributed by atoms with Crippen LogP contribution in [-0.4, -0.2) is 33.8 Å². The van der Waals surface area contributed by atoms with Crippen LogP contribution >= 0.6 is 24.0 Å². The van der Waals surface area contributed by atoms with E-state index in [1.165, 1.54) is 22.4 Å². The minimum absolute atomic E-state index is 0. The molecule has 1 aliphatic rings. The fraction of sp³-hybridized carbons (Fsp3) is 0.261. The number of halogens is 1. The van der Waals surface area contributed by atoms with Crippen LogP contribution in [0.1, 0.15) is 17.2 Å². The van der Waals surface area contributed by atoms with Gasteiger partial charge in [0.25, 0.3) is 0 Å². The van der Waals surface area contributed by atoms with Gasteiger partial charge in [-0.3, -0.25) is 0 Å². The first-order valence-corrected chi connectivity index (χ1v) is 9.87. The second-order valence-corrected chi connectivity index (χ2v) is 7.14. The van der Waals surface area contributed by atoms with Crippen molar-refractivity contribution in [3.63, 3.8) is 0 Å². The maximum absolute atomic E-state index is 4.83. The van der Waals surface area contributed by atoms with E-state index >= 15 is 0 Å². The highest BCUT2D eigenvalue weighted by Gasteiger charge is 2.23. The van der Waals surface area contributed by atoms with Gasteiger partial charge in [-0.15, -0.1) is 40.8 Å². The van der Waals surface area contributed by atoms with Crippen molar-refractivity contribution in [3.05, 3.63) is 78.4 Å². The predicted octanol–water partition coefficient (Wildman–Crippen LogP) is 4.10. The molecule has 1 aliphatic heterocycles. The molecule has 0 spiro atoms. The van der Waals surface area contributed by atoms with Gasteiger partial charge >= 0.3 is 0 Å². The minimum atomic E-state index is 0. The third kappa shape index (κ3) is 4.56. The number of aliphatic imine (C=N–C) groups is 1. The van der Waals surface area contributed by atoms with E-state index < -0.39 is 0 Å². The van der Waals surface area contributed by atoms with Crippen LogP contribution in [0.4, 0.5) is 5.69 Å². The van der Waals surface area contributed by atoms with Gasteiger partial charge in [0.15, 0.2) is 11.8 Å². The normalized spacial score (nSPS) is 13.0. The molecule has 30 heavy (non-hydrogen) atoms. The topological polar surface area (TPSA) is 58.3 Å². The predicted molar refractivity (Wildman–Crippen MR) is 133 cm³/mol. The van der Waals surface area contributed by atoms with Gasteiger partial charge in [-0.1, -0.05) is 42.5 Å². The number of aryl methyl sites for hydroxylation is 1. The summed E-state index contributed by atoms with van der Waals surface area (Å²) < 4.78 is 1.97. The summed E-state index contributed by atoms with van der Waals surface area (Å²) in [7, 11) is 1.97. The molecule has 2 heterocycles. The molecule has 0 bridgehead atoms. The summed E-state index contributed by atoms with van der Waals surface area (Å²) in [5.41, 5.74) is 5.03. The summed E-state index contributed by atoms with van der Waals surface area (Å²) in [6.07, 6.45) is 2.84. The molecule has 7 heteroatoms. The Balaban J connectivity index is 0.00000256. The van der Waals surface area contributed by atoms with Crippen LogP contribution in [0.5, 0.6) is 0 Å². The van der Waals surface area contributed by atoms with Crippen molar-refractivity contribution < 1.29 is 0 Å². The highest BCUT2D eigenvalue weighted by Crippen LogP contribution is 2.32. The third-order valence-corrected chi connectivity index (χ3v) is 5.30. The van der Waals surface area contributed by atoms with Crippen molar-refractivity contribution in [3.8, 4) is 11.1 Å². The largest absolute Gasteiger partial charge is 0.352 e. The molecule has 0 fully saturated rings. The van der Waals surface area contributed by atoms with E-state index in [0.717, 1.165) is 30.6 Å². The molecule has 2 aromatic carbocycles. The quantitative estimate of drug-likeness (QED) is 0.241. The lowest BCUT2D eigenvalue weighted by molar-refractivity contribution is 0.768. The molecule has 0 amide bonds. The molecular weight excluding hydrogens is 487 g/mol. The van der Waals surface area contributed by atoms with Gasteiger partial charge in [-0.2, -0.15) is 0 Å². The lowest BCUT2D eigenvalue weighted by Gasteiger charge is -2.22. The number of guanidine groups is 1. The number of fused-ring (bicyclic) bond motifs is 1. The first-order chi connectivity index (χ1) is 14.2. The van der Waals surface area contributed by atoms with E-state index in [1.54, 1.807) is 0 Å². The van der Waals surface area contributed by atoms with Gasteiger partial charge in [0.1, 0.15) is 12.4 Å². The Labute approximate surface area is 194 Å². The summed E-state index contributed by atoms with van der Waals surface area (Å²) in [5.74, 6) is 2.58. The van der Waals surface area contributed by atoms with Gasteiger partial charge in [0, 0.05) is 25.8 Å². The van der Waals surface area contributed by atoms with E-state index in [2.05, 4.69) is 69.5 Å². The highest BCUT2D eigenvalue weighted by molar-refractivity contribution is 14.0. The zero-order chi connectivity index (χ0) is 20.2. The molecule has 156 valence electrons. The molecule has 1 N–H and O–H groups in total. The molecule has 6 nitrogen and oxygen atoms in total. The van der Waals surface area contributed by atoms with Gasteiger partial charge in [-0.25, -0.2) is 4.99 Å². The molecule has 0 atom stereocenters. The molecule has 3 aromatic rings. The second-order valence-electron chi connectivity index (χ2n) is 7.14. The molecule has 0 saturated carbocycles. The number of rotatable bonds is 5. The number of nitrogens with zero attached hydrogens (tertiary/aromatic N) is 5. The Morgan fingerprint density at radius 2 is 1.97 bits per heavy atom. The summed E-state index contributed by atoms with van der Waals surface area (Å²) in [6, 6.07) is 17.2. The molecule has 0 saturated heterocycles. The van der Waals surface area contributed by atoms with E-state index in [4.69, 9.17) is 4.99 Å². The summed E-state index contributed by atoms with van der Waals surface area (Å²) in [6.45, 7) is 7.80. The van der Waals surface area contributed by atoms with Crippen LogP contribution in [0.3, 0.4) is 0 Å². The lowest BCUT2D eigenvalue weighted by atomic mass is 10.0. The molecule has 0 aliphatic carbocycles. The average Bonchev–Trinajstić information content (AvgIpc) is 3.32. The zero-order valence-corrected chi connectivity index (χ0v) is 19.7. The van der Waals surface area contributed by atoms with Crippen molar-refractivity contribution >= 4 is 35.6 Å². The number of hydrogen-bond acceptors (Lipinski definition) is 3. The van der Waals surface area contributed by atoms with Crippen LogP contribution in [0.2, 0.25) is 0 Å². The van der Waals surface area contributed by atoms with Crippen LogP contribution < -0.4 is 10.2 Å². The molecule has 1 aromatic heterocycles. The summed E-state index contributed by atoms with van der Waals surface area (Å²) >= 11 is 0. The van der Waals surface area contributed by atoms with Crippen molar-refractivity contribution in [1.29, 1.82) is 0 Å². The van der Waals surface area contributed by atoms with Gasteiger partial charge in [0.05, 0.1) is 0 Å². The second kappa shape index (κ2) is 9.88. The van der Waals surface area contributed by atoms with Crippen LogP contribution in [0.15, 0.2) is 66.2 Å². The summed E-state index contributed by atoms with van der Waals surface area (Å²) in [4.78, 5) is 7.07. The van der Waals surface area contributed by atoms with E-state index in [0.29, 0.717) is 13.1 Å². The Bertz CT molecular complexity index is 1040. The van der Waals surface area contributed by atoms with Crippen LogP contribution in [0.25, 0.3) is 11.1 Å². The number of aromatic nitrogens is 3. The van der Waals surface area contributed by atoms with Gasteiger partial charge in [-0.05, 0) is 42.2 Å². The Morgan fingerprint density at radius 1 is 1.17 bits per heavy atom. The van der Waals surface area contributed by atoms with E-state index in [1.807, 2.05) is 30.7 Å². The fourth-order valence-electron chi connectivity index (χ4n) is 3.57. The average molecular weight is 514 g/mol. The molecule has 0 radical (unpaired) electrons. The Hall–Kier alpha value is -2.68. The van der Waals surface area contributed by atoms with Gasteiger partial charge < -0.3 is 14.8 Å². The molecule has 4 rings (SSSR count). The van der Waals surface area contributed by atoms with Gasteiger partial charge in [0.2, 0.25) is 0 Å². The minimum Gasteiger partial charge on any atom is -0.352 e. The van der Waals surface area contributed by atoms with Crippen LogP contribution in [-0.2, 0) is 20.0 Å². The monoisotopic (exact) mass is 514 g/mol. The zero-order valence-electron chi connectivity index (χ0n) is 17.4. The maximum Gasteiger partial charge on any atom is 0.199 e. The van der Waals surface area contributed by atoms with E-state index in [9.17, 15) is 0 Å². The van der Waals surface area contributed by atoms with Crippen molar-refractivity contribution in [2.45, 2.75) is 19.9 Å². The van der Waals surface area contributed by atoms with E-state index in [-0.39, 0.29) is 24.0 Å². The highest BCUT2D eigenvalue weighted by atomic mass is 127. The first kappa shape index (κ1) is 22.0. The Kier molecular flexibility index (Phi) is 7.25. The third-order valence-electron chi connectivity index (χ3n) is 5.30. The van der Waals surface area contributed by atoms with Crippen molar-refractivity contribution in [1.82, 2.24) is 20.1 Å². The number of hydrogen-bond donors (Lipinski definition) is 1. The van der Waals surface area contributed by atoms with Crippen molar-refractivity contribution in [2.24, 2.45) is 12.0 Å². The Morgan fingerprint density at radius 3 is 2.67 bits per heavy atom. The lowest BCUT2D eigenvalue weighted by Crippen LogP contribution is -2.40. The fourth-order valence-corrected chi connectivity index (χ4v) is 3.57. The van der Waals surface area contributed by atoms with Crippen LogP contribution in [0, 0.1) is 6.92 Å². The number of anilines is 1. The molecular formula is C23H27IN6. The first-order valence-electron chi connectivity index (χ1n) is 9.87. The van der Waals surface area contributed by atoms with Crippen molar-refractivity contribution in [2.75, 3.05) is 18.0 Å². The number of nitrogens with one attached hydrogen (secondary N) is 1.